The highest BCUT2D eigenvalue weighted by atomic mass is 35.5. The van der Waals surface area contributed by atoms with Crippen LogP contribution in [0.3, 0.4) is 0 Å². The summed E-state index contributed by atoms with van der Waals surface area (Å²) in [6.07, 6.45) is 4.70. The van der Waals surface area contributed by atoms with Gasteiger partial charge in [0.15, 0.2) is 0 Å². The monoisotopic (exact) mass is 300 g/mol. The molecule has 21 heavy (non-hydrogen) atoms. The van der Waals surface area contributed by atoms with Gasteiger partial charge in [-0.05, 0) is 23.3 Å². The van der Waals surface area contributed by atoms with Gasteiger partial charge in [0.2, 0.25) is 0 Å². The quantitative estimate of drug-likeness (QED) is 0.733. The van der Waals surface area contributed by atoms with Crippen LogP contribution < -0.4 is 0 Å². The smallest absolute Gasteiger partial charge is 0.309 e. The van der Waals surface area contributed by atoms with Crippen LogP contribution in [-0.2, 0) is 16.0 Å². The van der Waals surface area contributed by atoms with Crippen molar-refractivity contribution < 1.29 is 9.53 Å². The first-order chi connectivity index (χ1) is 10.2. The Hall–Kier alpha value is -2.06. The van der Waals surface area contributed by atoms with Crippen molar-refractivity contribution in [3.8, 4) is 0 Å². The molecule has 0 aliphatic rings. The van der Waals surface area contributed by atoms with Crippen LogP contribution in [0.15, 0.2) is 60.7 Å². The highest BCUT2D eigenvalue weighted by Crippen LogP contribution is 2.11. The lowest BCUT2D eigenvalue weighted by Gasteiger charge is -2.03. The molecule has 0 aromatic heterocycles. The van der Waals surface area contributed by atoms with E-state index >= 15 is 0 Å². The largest absolute Gasteiger partial charge is 0.465 e. The average Bonchev–Trinajstić information content (AvgIpc) is 2.50. The van der Waals surface area contributed by atoms with Crippen molar-refractivity contribution in [2.45, 2.75) is 12.8 Å². The van der Waals surface area contributed by atoms with Crippen LogP contribution in [0.1, 0.15) is 17.5 Å². The molecule has 0 heterocycles. The zero-order valence-electron chi connectivity index (χ0n) is 11.7. The summed E-state index contributed by atoms with van der Waals surface area (Å²) < 4.78 is 5.19. The van der Waals surface area contributed by atoms with Crippen LogP contribution in [-0.4, -0.2) is 12.6 Å². The number of carbonyl (C=O) groups excluding carboxylic acids is 1. The fraction of sp³-hybridized carbons (Fsp3) is 0.167. The standard InChI is InChI=1S/C18H17ClO2/c19-17-11-9-16(10-12-17)7-4-8-18(20)21-14-13-15-5-2-1-3-6-15/h1-7,9-12H,8,13-14H2/b7-4+. The summed E-state index contributed by atoms with van der Waals surface area (Å²) in [6, 6.07) is 17.4. The molecule has 0 radical (unpaired) electrons. The Morgan fingerprint density at radius 2 is 1.76 bits per heavy atom. The molecule has 3 heteroatoms. The van der Waals surface area contributed by atoms with Crippen molar-refractivity contribution in [2.24, 2.45) is 0 Å². The number of ether oxygens (including phenoxy) is 1. The summed E-state index contributed by atoms with van der Waals surface area (Å²) in [5, 5.41) is 0.701. The molecular weight excluding hydrogens is 284 g/mol. The summed E-state index contributed by atoms with van der Waals surface area (Å²) in [5.41, 5.74) is 2.18. The number of hydrogen-bond donors (Lipinski definition) is 0. The molecule has 0 saturated heterocycles. The van der Waals surface area contributed by atoms with Crippen molar-refractivity contribution in [1.82, 2.24) is 0 Å². The molecule has 0 atom stereocenters. The van der Waals surface area contributed by atoms with Gasteiger partial charge in [0.1, 0.15) is 0 Å². The maximum atomic E-state index is 11.6. The molecule has 2 aromatic rings. The van der Waals surface area contributed by atoms with Crippen LogP contribution in [0.4, 0.5) is 0 Å². The fourth-order valence-electron chi connectivity index (χ4n) is 1.85. The molecule has 0 aliphatic heterocycles. The maximum absolute atomic E-state index is 11.6. The minimum absolute atomic E-state index is 0.212. The Morgan fingerprint density at radius 3 is 2.48 bits per heavy atom. The van der Waals surface area contributed by atoms with Gasteiger partial charge in [0, 0.05) is 11.4 Å². The van der Waals surface area contributed by atoms with Crippen LogP contribution >= 0.6 is 11.6 Å². The van der Waals surface area contributed by atoms with Gasteiger partial charge in [0.05, 0.1) is 13.0 Å². The van der Waals surface area contributed by atoms with Crippen LogP contribution in [0, 0.1) is 0 Å². The molecule has 0 N–H and O–H groups in total. The highest BCUT2D eigenvalue weighted by Gasteiger charge is 2.00. The third-order valence-corrected chi connectivity index (χ3v) is 3.21. The lowest BCUT2D eigenvalue weighted by molar-refractivity contribution is -0.142. The van der Waals surface area contributed by atoms with Crippen molar-refractivity contribution >= 4 is 23.6 Å². The number of rotatable bonds is 6. The summed E-state index contributed by atoms with van der Waals surface area (Å²) in [7, 11) is 0. The Balaban J connectivity index is 1.69. The molecule has 2 nitrogen and oxygen atoms in total. The fourth-order valence-corrected chi connectivity index (χ4v) is 1.98. The van der Waals surface area contributed by atoms with Crippen molar-refractivity contribution in [3.63, 3.8) is 0 Å². The molecule has 2 aromatic carbocycles. The average molecular weight is 301 g/mol. The lowest BCUT2D eigenvalue weighted by atomic mass is 10.2. The first kappa shape index (κ1) is 15.3. The van der Waals surface area contributed by atoms with E-state index in [1.54, 1.807) is 6.08 Å². The molecule has 0 saturated carbocycles. The van der Waals surface area contributed by atoms with Crippen LogP contribution in [0.25, 0.3) is 6.08 Å². The number of benzene rings is 2. The van der Waals surface area contributed by atoms with Gasteiger partial charge >= 0.3 is 5.97 Å². The van der Waals surface area contributed by atoms with Gasteiger partial charge in [-0.1, -0.05) is 66.2 Å². The Bertz CT molecular complexity index is 588. The number of carbonyl (C=O) groups is 1. The molecule has 2 rings (SSSR count). The predicted molar refractivity (Wildman–Crippen MR) is 86.2 cm³/mol. The van der Waals surface area contributed by atoms with E-state index in [9.17, 15) is 4.79 Å². The molecule has 0 aliphatic carbocycles. The van der Waals surface area contributed by atoms with Gasteiger partial charge in [-0.2, -0.15) is 0 Å². The topological polar surface area (TPSA) is 26.3 Å². The van der Waals surface area contributed by atoms with E-state index in [1.165, 1.54) is 5.56 Å². The van der Waals surface area contributed by atoms with Crippen LogP contribution in [0.2, 0.25) is 5.02 Å². The predicted octanol–water partition coefficient (Wildman–Crippen LogP) is 4.53. The highest BCUT2D eigenvalue weighted by molar-refractivity contribution is 6.30. The Labute approximate surface area is 130 Å². The van der Waals surface area contributed by atoms with Crippen LogP contribution in [0.5, 0.6) is 0 Å². The van der Waals surface area contributed by atoms with Gasteiger partial charge in [-0.3, -0.25) is 4.79 Å². The second-order valence-electron chi connectivity index (χ2n) is 4.61. The van der Waals surface area contributed by atoms with Gasteiger partial charge in [-0.25, -0.2) is 0 Å². The third kappa shape index (κ3) is 5.84. The summed E-state index contributed by atoms with van der Waals surface area (Å²) in [4.78, 5) is 11.6. The zero-order valence-corrected chi connectivity index (χ0v) is 12.4. The summed E-state index contributed by atoms with van der Waals surface area (Å²) in [6.45, 7) is 0.414. The van der Waals surface area contributed by atoms with Crippen molar-refractivity contribution in [3.05, 3.63) is 76.8 Å². The van der Waals surface area contributed by atoms with Gasteiger partial charge in [-0.15, -0.1) is 0 Å². The first-order valence-corrected chi connectivity index (χ1v) is 7.23. The molecule has 0 unspecified atom stereocenters. The molecule has 0 bridgehead atoms. The molecule has 0 fully saturated rings. The molecule has 0 spiro atoms. The first-order valence-electron chi connectivity index (χ1n) is 6.86. The van der Waals surface area contributed by atoms with E-state index in [0.29, 0.717) is 11.6 Å². The number of esters is 1. The van der Waals surface area contributed by atoms with E-state index in [0.717, 1.165) is 12.0 Å². The van der Waals surface area contributed by atoms with Gasteiger partial charge in [0.25, 0.3) is 0 Å². The van der Waals surface area contributed by atoms with E-state index in [1.807, 2.05) is 60.7 Å². The summed E-state index contributed by atoms with van der Waals surface area (Å²) >= 11 is 5.81. The Kier molecular flexibility index (Phi) is 6.04. The van der Waals surface area contributed by atoms with E-state index in [-0.39, 0.29) is 12.4 Å². The second kappa shape index (κ2) is 8.28. The maximum Gasteiger partial charge on any atom is 0.309 e. The normalized spacial score (nSPS) is 10.7. The lowest BCUT2D eigenvalue weighted by Crippen LogP contribution is -2.06. The van der Waals surface area contributed by atoms with Crippen molar-refractivity contribution in [1.29, 1.82) is 0 Å². The van der Waals surface area contributed by atoms with E-state index < -0.39 is 0 Å². The van der Waals surface area contributed by atoms with E-state index in [2.05, 4.69) is 0 Å². The molecular formula is C18H17ClO2. The zero-order chi connectivity index (χ0) is 14.9. The SMILES string of the molecule is O=C(C/C=C/c1ccc(Cl)cc1)OCCc1ccccc1. The second-order valence-corrected chi connectivity index (χ2v) is 5.05. The third-order valence-electron chi connectivity index (χ3n) is 2.96. The van der Waals surface area contributed by atoms with E-state index in [4.69, 9.17) is 16.3 Å². The minimum Gasteiger partial charge on any atom is -0.465 e. The Morgan fingerprint density at radius 1 is 1.05 bits per heavy atom. The minimum atomic E-state index is -0.212. The van der Waals surface area contributed by atoms with Gasteiger partial charge < -0.3 is 4.74 Å². The molecule has 0 amide bonds. The van der Waals surface area contributed by atoms with Crippen molar-refractivity contribution in [2.75, 3.05) is 6.61 Å². The summed E-state index contributed by atoms with van der Waals surface area (Å²) in [5.74, 6) is -0.212. The number of halogens is 1. The number of hydrogen-bond acceptors (Lipinski definition) is 2. The molecule has 108 valence electrons.